The predicted molar refractivity (Wildman–Crippen MR) is 104 cm³/mol. The second kappa shape index (κ2) is 8.75. The number of piperidine rings is 1. The van der Waals surface area contributed by atoms with Gasteiger partial charge in [-0.3, -0.25) is 0 Å². The van der Waals surface area contributed by atoms with E-state index in [0.717, 1.165) is 38.8 Å². The highest BCUT2D eigenvalue weighted by Crippen LogP contribution is 2.29. The highest BCUT2D eigenvalue weighted by Gasteiger charge is 2.24. The molecule has 1 heterocycles. The van der Waals surface area contributed by atoms with Crippen molar-refractivity contribution in [1.29, 1.82) is 0 Å². The Hall–Kier alpha value is -2.49. The molecule has 1 aliphatic heterocycles. The largest absolute Gasteiger partial charge is 0.508 e. The lowest BCUT2D eigenvalue weighted by Gasteiger charge is -2.33. The third-order valence-electron chi connectivity index (χ3n) is 5.23. The molecule has 0 radical (unpaired) electrons. The second-order valence-electron chi connectivity index (χ2n) is 7.23. The van der Waals surface area contributed by atoms with Crippen LogP contribution in [0.2, 0.25) is 0 Å². The number of phenols is 1. The fourth-order valence-electron chi connectivity index (χ4n) is 3.56. The van der Waals surface area contributed by atoms with E-state index in [0.29, 0.717) is 11.7 Å². The highest BCUT2D eigenvalue weighted by atomic mass is 16.3. The van der Waals surface area contributed by atoms with Gasteiger partial charge in [-0.25, -0.2) is 4.79 Å². The zero-order valence-corrected chi connectivity index (χ0v) is 15.4. The third-order valence-corrected chi connectivity index (χ3v) is 5.23. The molecule has 1 saturated heterocycles. The van der Waals surface area contributed by atoms with Crippen LogP contribution in [-0.4, -0.2) is 35.2 Å². The quantitative estimate of drug-likeness (QED) is 0.843. The average molecular weight is 352 g/mol. The SMILES string of the molecule is CC(CCc1ccccc1)NC(=O)N1CCC(c2ccc(O)cc2)CC1. The van der Waals surface area contributed by atoms with Crippen molar-refractivity contribution in [2.24, 2.45) is 0 Å². The van der Waals surface area contributed by atoms with Crippen LogP contribution in [-0.2, 0) is 6.42 Å². The Morgan fingerprint density at radius 1 is 1.12 bits per heavy atom. The number of nitrogens with one attached hydrogen (secondary N) is 1. The van der Waals surface area contributed by atoms with Gasteiger partial charge in [0.25, 0.3) is 0 Å². The lowest BCUT2D eigenvalue weighted by molar-refractivity contribution is 0.178. The fourth-order valence-corrected chi connectivity index (χ4v) is 3.56. The first-order valence-corrected chi connectivity index (χ1v) is 9.50. The summed E-state index contributed by atoms with van der Waals surface area (Å²) in [5.74, 6) is 0.769. The van der Waals surface area contributed by atoms with E-state index in [1.807, 2.05) is 23.1 Å². The highest BCUT2D eigenvalue weighted by molar-refractivity contribution is 5.74. The maximum atomic E-state index is 12.5. The number of likely N-dealkylation sites (tertiary alicyclic amines) is 1. The molecule has 3 rings (SSSR count). The number of aromatic hydroxyl groups is 1. The number of aryl methyl sites for hydroxylation is 1. The maximum Gasteiger partial charge on any atom is 0.317 e. The van der Waals surface area contributed by atoms with E-state index in [1.165, 1.54) is 11.1 Å². The summed E-state index contributed by atoms with van der Waals surface area (Å²) >= 11 is 0. The molecule has 138 valence electrons. The van der Waals surface area contributed by atoms with Crippen molar-refractivity contribution in [2.45, 2.75) is 44.6 Å². The molecular weight excluding hydrogens is 324 g/mol. The maximum absolute atomic E-state index is 12.5. The van der Waals surface area contributed by atoms with Gasteiger partial charge in [0.15, 0.2) is 0 Å². The predicted octanol–water partition coefficient (Wildman–Crippen LogP) is 4.30. The molecular formula is C22H28N2O2. The van der Waals surface area contributed by atoms with Gasteiger partial charge in [-0.15, -0.1) is 0 Å². The topological polar surface area (TPSA) is 52.6 Å². The molecule has 2 aromatic carbocycles. The van der Waals surface area contributed by atoms with Gasteiger partial charge in [0, 0.05) is 19.1 Å². The Bertz CT molecular complexity index is 692. The first kappa shape index (κ1) is 18.3. The minimum atomic E-state index is 0.0507. The van der Waals surface area contributed by atoms with E-state index in [1.54, 1.807) is 12.1 Å². The lowest BCUT2D eigenvalue weighted by atomic mass is 9.89. The Morgan fingerprint density at radius 3 is 2.42 bits per heavy atom. The molecule has 1 unspecified atom stereocenters. The number of carbonyl (C=O) groups is 1. The Morgan fingerprint density at radius 2 is 1.77 bits per heavy atom. The summed E-state index contributed by atoms with van der Waals surface area (Å²) in [7, 11) is 0. The molecule has 2 N–H and O–H groups in total. The van der Waals surface area contributed by atoms with Crippen molar-refractivity contribution in [1.82, 2.24) is 10.2 Å². The van der Waals surface area contributed by atoms with Crippen LogP contribution < -0.4 is 5.32 Å². The molecule has 4 heteroatoms. The minimum absolute atomic E-state index is 0.0507. The summed E-state index contributed by atoms with van der Waals surface area (Å²) in [6.45, 7) is 3.63. The van der Waals surface area contributed by atoms with Crippen molar-refractivity contribution in [2.75, 3.05) is 13.1 Å². The molecule has 26 heavy (non-hydrogen) atoms. The van der Waals surface area contributed by atoms with Crippen molar-refractivity contribution in [3.63, 3.8) is 0 Å². The first-order chi connectivity index (χ1) is 12.6. The van der Waals surface area contributed by atoms with Gasteiger partial charge in [-0.2, -0.15) is 0 Å². The summed E-state index contributed by atoms with van der Waals surface area (Å²) in [5, 5.41) is 12.5. The zero-order chi connectivity index (χ0) is 18.4. The van der Waals surface area contributed by atoms with Crippen LogP contribution in [0.5, 0.6) is 5.75 Å². The number of hydrogen-bond donors (Lipinski definition) is 2. The number of nitrogens with zero attached hydrogens (tertiary/aromatic N) is 1. The molecule has 2 aromatic rings. The van der Waals surface area contributed by atoms with E-state index < -0.39 is 0 Å². The number of urea groups is 1. The van der Waals surface area contributed by atoms with E-state index in [4.69, 9.17) is 0 Å². The average Bonchev–Trinajstić information content (AvgIpc) is 2.68. The number of carbonyl (C=O) groups excluding carboxylic acids is 1. The van der Waals surface area contributed by atoms with Crippen LogP contribution in [0.25, 0.3) is 0 Å². The fraction of sp³-hybridized carbons (Fsp3) is 0.409. The summed E-state index contributed by atoms with van der Waals surface area (Å²) in [6.07, 6.45) is 3.86. The van der Waals surface area contributed by atoms with Crippen molar-refractivity contribution in [3.8, 4) is 5.75 Å². The van der Waals surface area contributed by atoms with Crippen LogP contribution in [0.1, 0.15) is 43.2 Å². The van der Waals surface area contributed by atoms with Crippen molar-refractivity contribution >= 4 is 6.03 Å². The number of hydrogen-bond acceptors (Lipinski definition) is 2. The molecule has 1 atom stereocenters. The van der Waals surface area contributed by atoms with E-state index in [2.05, 4.69) is 36.5 Å². The minimum Gasteiger partial charge on any atom is -0.508 e. The number of phenolic OH excluding ortho intramolecular Hbond substituents is 1. The Labute approximate surface area is 155 Å². The molecule has 4 nitrogen and oxygen atoms in total. The Kier molecular flexibility index (Phi) is 6.16. The third kappa shape index (κ3) is 5.01. The molecule has 1 aliphatic rings. The van der Waals surface area contributed by atoms with Crippen LogP contribution in [0.4, 0.5) is 4.79 Å². The van der Waals surface area contributed by atoms with Crippen LogP contribution in [0.3, 0.4) is 0 Å². The normalized spacial score (nSPS) is 16.3. The van der Waals surface area contributed by atoms with Crippen molar-refractivity contribution in [3.05, 3.63) is 65.7 Å². The number of rotatable bonds is 5. The van der Waals surface area contributed by atoms with Crippen LogP contribution >= 0.6 is 0 Å². The number of benzene rings is 2. The molecule has 0 bridgehead atoms. The summed E-state index contributed by atoms with van der Waals surface area (Å²) in [4.78, 5) is 14.4. The monoisotopic (exact) mass is 352 g/mol. The van der Waals surface area contributed by atoms with E-state index >= 15 is 0 Å². The molecule has 0 aromatic heterocycles. The van der Waals surface area contributed by atoms with Crippen LogP contribution in [0, 0.1) is 0 Å². The van der Waals surface area contributed by atoms with Crippen LogP contribution in [0.15, 0.2) is 54.6 Å². The smallest absolute Gasteiger partial charge is 0.317 e. The molecule has 2 amide bonds. The van der Waals surface area contributed by atoms with E-state index in [9.17, 15) is 9.90 Å². The van der Waals surface area contributed by atoms with Gasteiger partial charge >= 0.3 is 6.03 Å². The summed E-state index contributed by atoms with van der Waals surface area (Å²) in [6, 6.07) is 18.1. The Balaban J connectivity index is 1.42. The molecule has 1 fully saturated rings. The standard InChI is InChI=1S/C22H28N2O2/c1-17(7-8-18-5-3-2-4-6-18)23-22(26)24-15-13-20(14-16-24)19-9-11-21(25)12-10-19/h2-6,9-12,17,20,25H,7-8,13-16H2,1H3,(H,23,26). The zero-order valence-electron chi connectivity index (χ0n) is 15.4. The molecule has 0 spiro atoms. The van der Waals surface area contributed by atoms with Crippen molar-refractivity contribution < 1.29 is 9.90 Å². The van der Waals surface area contributed by atoms with Gasteiger partial charge in [-0.05, 0) is 61.8 Å². The van der Waals surface area contributed by atoms with Gasteiger partial charge < -0.3 is 15.3 Å². The molecule has 0 aliphatic carbocycles. The summed E-state index contributed by atoms with van der Waals surface area (Å²) in [5.41, 5.74) is 2.56. The number of amides is 2. The first-order valence-electron chi connectivity index (χ1n) is 9.50. The second-order valence-corrected chi connectivity index (χ2v) is 7.23. The van der Waals surface area contributed by atoms with E-state index in [-0.39, 0.29) is 12.1 Å². The van der Waals surface area contributed by atoms with Gasteiger partial charge in [0.05, 0.1) is 0 Å². The van der Waals surface area contributed by atoms with Gasteiger partial charge in [-0.1, -0.05) is 42.5 Å². The molecule has 0 saturated carbocycles. The van der Waals surface area contributed by atoms with Gasteiger partial charge in [0.2, 0.25) is 0 Å². The summed E-state index contributed by atoms with van der Waals surface area (Å²) < 4.78 is 0. The van der Waals surface area contributed by atoms with Gasteiger partial charge in [0.1, 0.15) is 5.75 Å². The lowest BCUT2D eigenvalue weighted by Crippen LogP contribution is -2.47.